The minimum absolute atomic E-state index is 0.0173. The largest absolute Gasteiger partial charge is 0.376 e. The van der Waals surface area contributed by atoms with E-state index in [1.165, 1.54) is 12.1 Å². The number of carbonyl (C=O) groups excluding carboxylic acids is 1. The third kappa shape index (κ3) is 5.60. The molecule has 0 aliphatic rings. The summed E-state index contributed by atoms with van der Waals surface area (Å²) in [5, 5.41) is 17.0. The molecular weight excluding hydrogens is 318 g/mol. The number of nitro groups is 1. The van der Waals surface area contributed by atoms with Gasteiger partial charge in [0.25, 0.3) is 5.69 Å². The molecule has 0 aliphatic heterocycles. The Morgan fingerprint density at radius 2 is 1.96 bits per heavy atom. The molecule has 23 heavy (non-hydrogen) atoms. The van der Waals surface area contributed by atoms with Gasteiger partial charge in [-0.05, 0) is 30.2 Å². The van der Waals surface area contributed by atoms with Crippen LogP contribution in [0.25, 0.3) is 0 Å². The van der Waals surface area contributed by atoms with Crippen molar-refractivity contribution in [1.82, 2.24) is 5.32 Å². The summed E-state index contributed by atoms with van der Waals surface area (Å²) in [7, 11) is 0. The van der Waals surface area contributed by atoms with Crippen molar-refractivity contribution in [2.24, 2.45) is 0 Å². The molecule has 0 radical (unpaired) electrons. The van der Waals surface area contributed by atoms with E-state index in [0.29, 0.717) is 23.7 Å². The van der Waals surface area contributed by atoms with Crippen molar-refractivity contribution in [2.75, 3.05) is 18.4 Å². The minimum Gasteiger partial charge on any atom is -0.376 e. The molecule has 0 fully saturated rings. The number of hydrogen-bond acceptors (Lipinski definition) is 4. The second-order valence-corrected chi connectivity index (χ2v) is 5.33. The number of nitrogens with one attached hydrogen (secondary N) is 2. The summed E-state index contributed by atoms with van der Waals surface area (Å²) in [4.78, 5) is 22.0. The number of hydrogen-bond donors (Lipinski definition) is 2. The molecule has 6 nitrogen and oxygen atoms in total. The topological polar surface area (TPSA) is 84.3 Å². The first-order valence-corrected chi connectivity index (χ1v) is 7.42. The zero-order valence-electron chi connectivity index (χ0n) is 12.3. The number of rotatable bonds is 7. The normalized spacial score (nSPS) is 10.1. The second kappa shape index (κ2) is 8.14. The second-order valence-electron chi connectivity index (χ2n) is 4.89. The fourth-order valence-corrected chi connectivity index (χ4v) is 2.23. The van der Waals surface area contributed by atoms with E-state index in [4.69, 9.17) is 11.6 Å². The van der Waals surface area contributed by atoms with E-state index in [0.717, 1.165) is 5.56 Å². The number of nitro benzene ring substituents is 1. The van der Waals surface area contributed by atoms with Crippen molar-refractivity contribution in [3.63, 3.8) is 0 Å². The minimum atomic E-state index is -0.476. The Labute approximate surface area is 138 Å². The van der Waals surface area contributed by atoms with Crippen LogP contribution in [0.2, 0.25) is 5.02 Å². The van der Waals surface area contributed by atoms with Crippen molar-refractivity contribution in [2.45, 2.75) is 6.42 Å². The molecule has 0 aliphatic carbocycles. The van der Waals surface area contributed by atoms with Crippen LogP contribution in [-0.4, -0.2) is 23.9 Å². The van der Waals surface area contributed by atoms with Crippen LogP contribution < -0.4 is 10.6 Å². The molecule has 0 aromatic heterocycles. The molecule has 2 N–H and O–H groups in total. The summed E-state index contributed by atoms with van der Waals surface area (Å²) in [5.41, 5.74) is 1.56. The fourth-order valence-electron chi connectivity index (χ4n) is 2.01. The van der Waals surface area contributed by atoms with Crippen LogP contribution in [0.15, 0.2) is 48.5 Å². The first-order valence-electron chi connectivity index (χ1n) is 7.04. The van der Waals surface area contributed by atoms with Crippen molar-refractivity contribution < 1.29 is 9.72 Å². The molecule has 2 aromatic carbocycles. The van der Waals surface area contributed by atoms with Gasteiger partial charge in [-0.2, -0.15) is 0 Å². The van der Waals surface area contributed by atoms with Gasteiger partial charge in [0.2, 0.25) is 5.91 Å². The van der Waals surface area contributed by atoms with Gasteiger partial charge in [0, 0.05) is 29.4 Å². The van der Waals surface area contributed by atoms with Gasteiger partial charge >= 0.3 is 0 Å². The van der Waals surface area contributed by atoms with Gasteiger partial charge in [-0.25, -0.2) is 0 Å². The van der Waals surface area contributed by atoms with Crippen LogP contribution in [0.1, 0.15) is 5.56 Å². The summed E-state index contributed by atoms with van der Waals surface area (Å²) >= 11 is 5.89. The summed E-state index contributed by atoms with van der Waals surface area (Å²) in [6.07, 6.45) is 0.684. The highest BCUT2D eigenvalue weighted by Gasteiger charge is 2.06. The first-order chi connectivity index (χ1) is 11.0. The molecule has 0 spiro atoms. The summed E-state index contributed by atoms with van der Waals surface area (Å²) in [6.45, 7) is 0.548. The molecule has 0 saturated heterocycles. The zero-order chi connectivity index (χ0) is 16.7. The van der Waals surface area contributed by atoms with Crippen LogP contribution in [-0.2, 0) is 11.2 Å². The van der Waals surface area contributed by atoms with E-state index < -0.39 is 4.92 Å². The molecule has 7 heteroatoms. The molecule has 0 heterocycles. The van der Waals surface area contributed by atoms with Crippen molar-refractivity contribution in [3.05, 3.63) is 69.2 Å². The van der Waals surface area contributed by atoms with Crippen molar-refractivity contribution in [1.29, 1.82) is 0 Å². The van der Waals surface area contributed by atoms with Crippen LogP contribution >= 0.6 is 11.6 Å². The number of halogens is 1. The Kier molecular flexibility index (Phi) is 5.94. The lowest BCUT2D eigenvalue weighted by molar-refractivity contribution is -0.384. The number of non-ortho nitro benzene ring substituents is 1. The maximum atomic E-state index is 11.8. The number of carbonyl (C=O) groups is 1. The van der Waals surface area contributed by atoms with Gasteiger partial charge in [0.15, 0.2) is 0 Å². The molecule has 0 bridgehead atoms. The molecule has 1 amide bonds. The Balaban J connectivity index is 1.75. The summed E-state index contributed by atoms with van der Waals surface area (Å²) < 4.78 is 0. The molecule has 120 valence electrons. The van der Waals surface area contributed by atoms with Crippen LogP contribution in [0, 0.1) is 10.1 Å². The van der Waals surface area contributed by atoms with Crippen LogP contribution in [0.4, 0.5) is 11.4 Å². The van der Waals surface area contributed by atoms with Crippen LogP contribution in [0.5, 0.6) is 0 Å². The summed E-state index contributed by atoms with van der Waals surface area (Å²) in [5.74, 6) is -0.182. The third-order valence-corrected chi connectivity index (χ3v) is 3.37. The maximum Gasteiger partial charge on any atom is 0.271 e. The van der Waals surface area contributed by atoms with E-state index in [1.807, 2.05) is 18.2 Å². The lowest BCUT2D eigenvalue weighted by atomic mass is 10.1. The Morgan fingerprint density at radius 3 is 2.70 bits per heavy atom. The molecule has 0 atom stereocenters. The predicted molar refractivity (Wildman–Crippen MR) is 89.8 cm³/mol. The van der Waals surface area contributed by atoms with Crippen LogP contribution in [0.3, 0.4) is 0 Å². The van der Waals surface area contributed by atoms with E-state index in [1.54, 1.807) is 18.2 Å². The number of nitrogens with zero attached hydrogens (tertiary/aromatic N) is 1. The average molecular weight is 334 g/mol. The van der Waals surface area contributed by atoms with Gasteiger partial charge in [0.05, 0.1) is 11.5 Å². The van der Waals surface area contributed by atoms with Gasteiger partial charge in [0.1, 0.15) is 0 Å². The molecule has 0 unspecified atom stereocenters. The predicted octanol–water partition coefficient (Wildman–Crippen LogP) is 3.02. The molecule has 2 aromatic rings. The van der Waals surface area contributed by atoms with Gasteiger partial charge in [-0.3, -0.25) is 14.9 Å². The quantitative estimate of drug-likeness (QED) is 0.602. The SMILES string of the molecule is O=C(CNc1cccc([N+](=O)[O-])c1)NCCc1cccc(Cl)c1. The Morgan fingerprint density at radius 1 is 1.17 bits per heavy atom. The highest BCUT2D eigenvalue weighted by atomic mass is 35.5. The third-order valence-electron chi connectivity index (χ3n) is 3.13. The number of anilines is 1. The zero-order valence-corrected chi connectivity index (χ0v) is 13.0. The van der Waals surface area contributed by atoms with E-state index in [9.17, 15) is 14.9 Å². The lowest BCUT2D eigenvalue weighted by Crippen LogP contribution is -2.31. The highest BCUT2D eigenvalue weighted by Crippen LogP contribution is 2.16. The summed E-state index contributed by atoms with van der Waals surface area (Å²) in [6, 6.07) is 13.5. The number of benzene rings is 2. The monoisotopic (exact) mass is 333 g/mol. The smallest absolute Gasteiger partial charge is 0.271 e. The molecule has 0 saturated carbocycles. The standard InChI is InChI=1S/C16H16ClN3O3/c17-13-4-1-3-12(9-13)7-8-18-16(21)11-19-14-5-2-6-15(10-14)20(22)23/h1-6,9-10,19H,7-8,11H2,(H,18,21). The van der Waals surface area contributed by atoms with Gasteiger partial charge in [-0.15, -0.1) is 0 Å². The molecule has 2 rings (SSSR count). The average Bonchev–Trinajstić information content (AvgIpc) is 2.53. The maximum absolute atomic E-state index is 11.8. The van der Waals surface area contributed by atoms with E-state index >= 15 is 0 Å². The number of amides is 1. The highest BCUT2D eigenvalue weighted by molar-refractivity contribution is 6.30. The van der Waals surface area contributed by atoms with E-state index in [-0.39, 0.29) is 18.1 Å². The van der Waals surface area contributed by atoms with Crippen molar-refractivity contribution >= 4 is 28.9 Å². The van der Waals surface area contributed by atoms with E-state index in [2.05, 4.69) is 10.6 Å². The van der Waals surface area contributed by atoms with Crippen molar-refractivity contribution in [3.8, 4) is 0 Å². The first kappa shape index (κ1) is 16.8. The van der Waals surface area contributed by atoms with Gasteiger partial charge in [-0.1, -0.05) is 29.8 Å². The Bertz CT molecular complexity index is 706. The fraction of sp³-hybridized carbons (Fsp3) is 0.188. The Hall–Kier alpha value is -2.60. The molecular formula is C16H16ClN3O3. The lowest BCUT2D eigenvalue weighted by Gasteiger charge is -2.08. The van der Waals surface area contributed by atoms with Gasteiger partial charge < -0.3 is 10.6 Å².